The molecule has 0 atom stereocenters. The molecule has 1 aromatic carbocycles. The molecular formula is C22H24N6S. The van der Waals surface area contributed by atoms with Crippen LogP contribution in [-0.4, -0.2) is 37.8 Å². The molecule has 0 aliphatic carbocycles. The highest BCUT2D eigenvalue weighted by Crippen LogP contribution is 2.38. The van der Waals surface area contributed by atoms with Crippen LogP contribution in [-0.2, 0) is 0 Å². The third kappa shape index (κ3) is 3.40. The summed E-state index contributed by atoms with van der Waals surface area (Å²) in [5.74, 6) is 2.63. The standard InChI is InChI=1S/C22H24N6S/c1-15(2)28-14-25-26-20(28)17-8-10-27(11-9-17)21-18-12-19(16-6-4-3-5-7-16)29-22(18)24-13-23-21/h3-7,12-15,17H,8-11H2,1-2H3. The molecule has 1 fully saturated rings. The van der Waals surface area contributed by atoms with Gasteiger partial charge in [0.1, 0.15) is 29.1 Å². The number of benzene rings is 1. The van der Waals surface area contributed by atoms with Crippen molar-refractivity contribution in [1.29, 1.82) is 0 Å². The van der Waals surface area contributed by atoms with Gasteiger partial charge in [0.2, 0.25) is 0 Å². The topological polar surface area (TPSA) is 59.7 Å². The maximum atomic E-state index is 4.66. The smallest absolute Gasteiger partial charge is 0.140 e. The van der Waals surface area contributed by atoms with E-state index in [1.54, 1.807) is 17.7 Å². The first-order chi connectivity index (χ1) is 14.2. The van der Waals surface area contributed by atoms with E-state index in [0.29, 0.717) is 12.0 Å². The van der Waals surface area contributed by atoms with Gasteiger partial charge in [0, 0.05) is 29.9 Å². The molecule has 0 radical (unpaired) electrons. The maximum Gasteiger partial charge on any atom is 0.140 e. The molecule has 0 bridgehead atoms. The monoisotopic (exact) mass is 404 g/mol. The highest BCUT2D eigenvalue weighted by Gasteiger charge is 2.27. The number of aromatic nitrogens is 5. The van der Waals surface area contributed by atoms with Crippen molar-refractivity contribution < 1.29 is 0 Å². The third-order valence-electron chi connectivity index (χ3n) is 5.68. The normalized spacial score (nSPS) is 15.5. The average Bonchev–Trinajstić information content (AvgIpc) is 3.42. The van der Waals surface area contributed by atoms with E-state index in [0.717, 1.165) is 47.8 Å². The van der Waals surface area contributed by atoms with Crippen LogP contribution in [0, 0.1) is 0 Å². The summed E-state index contributed by atoms with van der Waals surface area (Å²) in [6, 6.07) is 13.1. The lowest BCUT2D eigenvalue weighted by Crippen LogP contribution is -2.34. The number of fused-ring (bicyclic) bond motifs is 1. The lowest BCUT2D eigenvalue weighted by molar-refractivity contribution is 0.448. The minimum absolute atomic E-state index is 0.390. The molecule has 4 heterocycles. The summed E-state index contributed by atoms with van der Waals surface area (Å²) in [6.45, 7) is 6.30. The lowest BCUT2D eigenvalue weighted by atomic mass is 9.95. The van der Waals surface area contributed by atoms with Crippen molar-refractivity contribution in [3.63, 3.8) is 0 Å². The SMILES string of the molecule is CC(C)n1cnnc1C1CCN(c2ncnc3sc(-c4ccccc4)cc23)CC1. The van der Waals surface area contributed by atoms with Crippen LogP contribution in [0.4, 0.5) is 5.82 Å². The Morgan fingerprint density at radius 2 is 1.86 bits per heavy atom. The molecule has 1 saturated heterocycles. The van der Waals surface area contributed by atoms with E-state index in [1.165, 1.54) is 10.4 Å². The first kappa shape index (κ1) is 18.2. The lowest BCUT2D eigenvalue weighted by Gasteiger charge is -2.33. The molecule has 0 spiro atoms. The number of piperidine rings is 1. The van der Waals surface area contributed by atoms with E-state index in [4.69, 9.17) is 0 Å². The molecule has 1 aliphatic rings. The second-order valence-electron chi connectivity index (χ2n) is 7.84. The number of hydrogen-bond acceptors (Lipinski definition) is 6. The summed E-state index contributed by atoms with van der Waals surface area (Å²) in [4.78, 5) is 13.9. The van der Waals surface area contributed by atoms with Crippen molar-refractivity contribution in [3.8, 4) is 10.4 Å². The van der Waals surface area contributed by atoms with Gasteiger partial charge in [-0.2, -0.15) is 0 Å². The number of hydrogen-bond donors (Lipinski definition) is 0. The molecule has 5 rings (SSSR count). The molecule has 7 heteroatoms. The second-order valence-corrected chi connectivity index (χ2v) is 8.87. The molecule has 3 aromatic heterocycles. The number of thiophene rings is 1. The molecule has 0 unspecified atom stereocenters. The van der Waals surface area contributed by atoms with Gasteiger partial charge in [-0.3, -0.25) is 0 Å². The molecule has 29 heavy (non-hydrogen) atoms. The first-order valence-electron chi connectivity index (χ1n) is 10.1. The van der Waals surface area contributed by atoms with Crippen molar-refractivity contribution in [2.75, 3.05) is 18.0 Å². The van der Waals surface area contributed by atoms with Crippen molar-refractivity contribution in [3.05, 3.63) is 54.9 Å². The average molecular weight is 405 g/mol. The summed E-state index contributed by atoms with van der Waals surface area (Å²) >= 11 is 1.73. The maximum absolute atomic E-state index is 4.66. The highest BCUT2D eigenvalue weighted by molar-refractivity contribution is 7.21. The molecule has 148 valence electrons. The molecule has 0 N–H and O–H groups in total. The molecule has 6 nitrogen and oxygen atoms in total. The summed E-state index contributed by atoms with van der Waals surface area (Å²) < 4.78 is 2.20. The Morgan fingerprint density at radius 1 is 1.07 bits per heavy atom. The van der Waals surface area contributed by atoms with Gasteiger partial charge in [-0.25, -0.2) is 9.97 Å². The van der Waals surface area contributed by atoms with Crippen molar-refractivity contribution >= 4 is 27.4 Å². The number of anilines is 1. The molecule has 1 aliphatic heterocycles. The quantitative estimate of drug-likeness (QED) is 0.483. The van der Waals surface area contributed by atoms with Crippen LogP contribution in [0.15, 0.2) is 49.1 Å². The van der Waals surface area contributed by atoms with Crippen molar-refractivity contribution in [1.82, 2.24) is 24.7 Å². The van der Waals surface area contributed by atoms with E-state index in [2.05, 4.69) is 73.8 Å². The summed E-state index contributed by atoms with van der Waals surface area (Å²) in [5.41, 5.74) is 1.23. The third-order valence-corrected chi connectivity index (χ3v) is 6.78. The molecule has 4 aromatic rings. The number of nitrogens with zero attached hydrogens (tertiary/aromatic N) is 6. The van der Waals surface area contributed by atoms with Gasteiger partial charge in [0.05, 0.1) is 5.39 Å². The van der Waals surface area contributed by atoms with Gasteiger partial charge in [0.25, 0.3) is 0 Å². The molecule has 0 saturated carbocycles. The van der Waals surface area contributed by atoms with Gasteiger partial charge >= 0.3 is 0 Å². The fourth-order valence-electron chi connectivity index (χ4n) is 4.13. The van der Waals surface area contributed by atoms with Gasteiger partial charge in [-0.1, -0.05) is 30.3 Å². The Hall–Kier alpha value is -2.80. The Labute approximate surface area is 174 Å². The van der Waals surface area contributed by atoms with Crippen molar-refractivity contribution in [2.45, 2.75) is 38.6 Å². The zero-order chi connectivity index (χ0) is 19.8. The minimum atomic E-state index is 0.390. The van der Waals surface area contributed by atoms with Gasteiger partial charge in [0.15, 0.2) is 0 Å². The Balaban J connectivity index is 1.39. The number of rotatable bonds is 4. The van der Waals surface area contributed by atoms with Crippen LogP contribution >= 0.6 is 11.3 Å². The highest BCUT2D eigenvalue weighted by atomic mass is 32.1. The van der Waals surface area contributed by atoms with Gasteiger partial charge in [-0.05, 0) is 38.3 Å². The predicted molar refractivity (Wildman–Crippen MR) is 117 cm³/mol. The van der Waals surface area contributed by atoms with Crippen molar-refractivity contribution in [2.24, 2.45) is 0 Å². The van der Waals surface area contributed by atoms with Crippen LogP contribution in [0.3, 0.4) is 0 Å². The summed E-state index contributed by atoms with van der Waals surface area (Å²) in [5, 5.41) is 9.72. The van der Waals surface area contributed by atoms with E-state index >= 15 is 0 Å². The Kier molecular flexibility index (Phi) is 4.75. The van der Waals surface area contributed by atoms with Crippen LogP contribution in [0.2, 0.25) is 0 Å². The van der Waals surface area contributed by atoms with E-state index in [9.17, 15) is 0 Å². The zero-order valence-corrected chi connectivity index (χ0v) is 17.5. The van der Waals surface area contributed by atoms with Gasteiger partial charge < -0.3 is 9.47 Å². The molecule has 0 amide bonds. The minimum Gasteiger partial charge on any atom is -0.356 e. The predicted octanol–water partition coefficient (Wildman–Crippen LogP) is 4.91. The summed E-state index contributed by atoms with van der Waals surface area (Å²) in [6.07, 6.45) is 5.68. The fourth-order valence-corrected chi connectivity index (χ4v) is 5.13. The second kappa shape index (κ2) is 7.55. The van der Waals surface area contributed by atoms with Gasteiger partial charge in [-0.15, -0.1) is 21.5 Å². The van der Waals surface area contributed by atoms with Crippen LogP contribution < -0.4 is 4.90 Å². The van der Waals surface area contributed by atoms with Crippen LogP contribution in [0.25, 0.3) is 20.7 Å². The summed E-state index contributed by atoms with van der Waals surface area (Å²) in [7, 11) is 0. The van der Waals surface area contributed by atoms with Crippen LogP contribution in [0.5, 0.6) is 0 Å². The zero-order valence-electron chi connectivity index (χ0n) is 16.7. The van der Waals surface area contributed by atoms with Crippen LogP contribution in [0.1, 0.15) is 44.5 Å². The molecular weight excluding hydrogens is 380 g/mol. The first-order valence-corrected chi connectivity index (χ1v) is 11.0. The van der Waals surface area contributed by atoms with E-state index in [1.807, 2.05) is 12.4 Å². The largest absolute Gasteiger partial charge is 0.356 e. The van der Waals surface area contributed by atoms with E-state index < -0.39 is 0 Å². The fraction of sp³-hybridized carbons (Fsp3) is 0.364. The Morgan fingerprint density at radius 3 is 2.62 bits per heavy atom. The van der Waals surface area contributed by atoms with E-state index in [-0.39, 0.29) is 0 Å². The Bertz CT molecular complexity index is 1110.